The zero-order chi connectivity index (χ0) is 22.0. The van der Waals surface area contributed by atoms with Crippen LogP contribution in [-0.4, -0.2) is 20.9 Å². The fraction of sp³-hybridized carbons (Fsp3) is 0.167. The predicted molar refractivity (Wildman–Crippen MR) is 120 cm³/mol. The zero-order valence-electron chi connectivity index (χ0n) is 17.5. The second-order valence-electron chi connectivity index (χ2n) is 7.32. The summed E-state index contributed by atoms with van der Waals surface area (Å²) < 4.78 is 13.8. The van der Waals surface area contributed by atoms with Crippen molar-refractivity contribution in [1.29, 1.82) is 0 Å². The second-order valence-corrected chi connectivity index (χ2v) is 7.32. The van der Waals surface area contributed by atoms with E-state index in [4.69, 9.17) is 0 Å². The molecule has 0 radical (unpaired) electrons. The first-order valence-electron chi connectivity index (χ1n) is 10.00. The molecule has 1 amide bonds. The summed E-state index contributed by atoms with van der Waals surface area (Å²) in [6, 6.07) is 13.5. The van der Waals surface area contributed by atoms with Gasteiger partial charge >= 0.3 is 0 Å². The lowest BCUT2D eigenvalue weighted by Crippen LogP contribution is -2.15. The molecule has 0 aliphatic carbocycles. The first-order chi connectivity index (χ1) is 14.9. The van der Waals surface area contributed by atoms with Crippen molar-refractivity contribution in [2.45, 2.75) is 27.2 Å². The molecule has 2 aromatic carbocycles. The van der Waals surface area contributed by atoms with Crippen LogP contribution in [0.2, 0.25) is 0 Å². The summed E-state index contributed by atoms with van der Waals surface area (Å²) in [6.45, 7) is 5.72. The van der Waals surface area contributed by atoms with Gasteiger partial charge in [-0.2, -0.15) is 0 Å². The summed E-state index contributed by atoms with van der Waals surface area (Å²) in [5.41, 5.74) is 4.96. The van der Waals surface area contributed by atoms with Crippen LogP contribution >= 0.6 is 0 Å². The second kappa shape index (κ2) is 8.47. The van der Waals surface area contributed by atoms with Crippen LogP contribution in [0.25, 0.3) is 10.9 Å². The van der Waals surface area contributed by atoms with Crippen molar-refractivity contribution in [3.63, 3.8) is 0 Å². The Balaban J connectivity index is 1.68. The highest BCUT2D eigenvalue weighted by atomic mass is 19.1. The van der Waals surface area contributed by atoms with Crippen LogP contribution in [0.3, 0.4) is 0 Å². The average molecular weight is 415 g/mol. The van der Waals surface area contributed by atoms with E-state index in [2.05, 4.69) is 25.6 Å². The smallest absolute Gasteiger partial charge is 0.256 e. The van der Waals surface area contributed by atoms with E-state index < -0.39 is 5.82 Å². The van der Waals surface area contributed by atoms with E-state index in [1.165, 1.54) is 18.5 Å². The molecule has 0 aliphatic rings. The Hall–Kier alpha value is -3.87. The maximum atomic E-state index is 13.8. The third kappa shape index (κ3) is 4.50. The van der Waals surface area contributed by atoms with Crippen molar-refractivity contribution >= 4 is 34.0 Å². The molecule has 4 aromatic rings. The van der Waals surface area contributed by atoms with Crippen molar-refractivity contribution in [2.24, 2.45) is 0 Å². The number of carbonyl (C=O) groups is 1. The summed E-state index contributed by atoms with van der Waals surface area (Å²) >= 11 is 0. The van der Waals surface area contributed by atoms with Crippen LogP contribution < -0.4 is 10.6 Å². The minimum Gasteiger partial charge on any atom is -0.340 e. The van der Waals surface area contributed by atoms with Gasteiger partial charge in [-0.3, -0.25) is 9.78 Å². The number of hydrogen-bond donors (Lipinski definition) is 2. The monoisotopic (exact) mass is 415 g/mol. The van der Waals surface area contributed by atoms with Crippen molar-refractivity contribution in [3.8, 4) is 0 Å². The summed E-state index contributed by atoms with van der Waals surface area (Å²) in [6.07, 6.45) is 2.24. The molecule has 6 nitrogen and oxygen atoms in total. The Morgan fingerprint density at radius 3 is 2.61 bits per heavy atom. The minimum atomic E-state index is -0.409. The molecule has 0 bridgehead atoms. The number of hydrogen-bond acceptors (Lipinski definition) is 5. The quantitative estimate of drug-likeness (QED) is 0.460. The van der Waals surface area contributed by atoms with Crippen molar-refractivity contribution in [3.05, 3.63) is 83.2 Å². The molecule has 0 atom stereocenters. The molecule has 4 rings (SSSR count). The number of aromatic nitrogens is 3. The Morgan fingerprint density at radius 2 is 1.84 bits per heavy atom. The molecule has 31 heavy (non-hydrogen) atoms. The maximum absolute atomic E-state index is 13.8. The molecule has 0 saturated heterocycles. The van der Waals surface area contributed by atoms with E-state index in [0.717, 1.165) is 23.4 Å². The van der Waals surface area contributed by atoms with Gasteiger partial charge in [0.15, 0.2) is 0 Å². The van der Waals surface area contributed by atoms with Gasteiger partial charge in [0.25, 0.3) is 5.91 Å². The Bertz CT molecular complexity index is 1290. The predicted octanol–water partition coefficient (Wildman–Crippen LogP) is 5.34. The van der Waals surface area contributed by atoms with Gasteiger partial charge in [0.1, 0.15) is 18.0 Å². The van der Waals surface area contributed by atoms with Gasteiger partial charge in [-0.15, -0.1) is 0 Å². The van der Waals surface area contributed by atoms with E-state index in [-0.39, 0.29) is 5.91 Å². The first kappa shape index (κ1) is 20.4. The third-order valence-electron chi connectivity index (χ3n) is 4.96. The number of benzene rings is 2. The molecule has 0 unspecified atom stereocenters. The molecular formula is C24H22FN5O. The van der Waals surface area contributed by atoms with Gasteiger partial charge < -0.3 is 10.6 Å². The molecule has 2 aromatic heterocycles. The van der Waals surface area contributed by atoms with Crippen LogP contribution in [0.4, 0.5) is 21.6 Å². The molecule has 0 fully saturated rings. The van der Waals surface area contributed by atoms with Crippen LogP contribution in [-0.2, 0) is 6.42 Å². The number of amides is 1. The third-order valence-corrected chi connectivity index (χ3v) is 4.96. The zero-order valence-corrected chi connectivity index (χ0v) is 17.5. The summed E-state index contributed by atoms with van der Waals surface area (Å²) in [7, 11) is 0. The van der Waals surface area contributed by atoms with Crippen molar-refractivity contribution in [1.82, 2.24) is 15.0 Å². The average Bonchev–Trinajstić information content (AvgIpc) is 2.74. The first-order valence-corrected chi connectivity index (χ1v) is 10.00. The molecule has 2 N–H and O–H groups in total. The fourth-order valence-corrected chi connectivity index (χ4v) is 3.46. The highest BCUT2D eigenvalue weighted by molar-refractivity contribution is 6.12. The largest absolute Gasteiger partial charge is 0.340 e. The van der Waals surface area contributed by atoms with Gasteiger partial charge in [-0.25, -0.2) is 14.4 Å². The minimum absolute atomic E-state index is 0.314. The van der Waals surface area contributed by atoms with E-state index in [0.29, 0.717) is 33.7 Å². The van der Waals surface area contributed by atoms with Crippen molar-refractivity contribution < 1.29 is 9.18 Å². The molecule has 0 saturated carbocycles. The van der Waals surface area contributed by atoms with E-state index in [1.807, 2.05) is 45.0 Å². The maximum Gasteiger partial charge on any atom is 0.256 e. The van der Waals surface area contributed by atoms with Gasteiger partial charge in [-0.1, -0.05) is 13.0 Å². The lowest BCUT2D eigenvalue weighted by atomic mass is 10.1. The Labute approximate surface area is 179 Å². The van der Waals surface area contributed by atoms with Crippen LogP contribution in [0.15, 0.2) is 54.9 Å². The fourth-order valence-electron chi connectivity index (χ4n) is 3.46. The standard InChI is InChI=1S/C24H22FN5O/c1-4-16-5-7-18(29-23-10-14(2)26-13-27-23)12-22(16)30-24(31)20-9-15(3)28-21-8-6-17(25)11-19(20)21/h5-13H,4H2,1-3H3,(H,30,31)(H,26,27,29). The number of rotatable bonds is 5. The number of carbonyl (C=O) groups excluding carboxylic acids is 1. The lowest BCUT2D eigenvalue weighted by Gasteiger charge is -2.14. The summed E-state index contributed by atoms with van der Waals surface area (Å²) in [5, 5.41) is 6.70. The van der Waals surface area contributed by atoms with Gasteiger partial charge in [0.05, 0.1) is 11.1 Å². The van der Waals surface area contributed by atoms with Gasteiger partial charge in [0, 0.05) is 34.2 Å². The van der Waals surface area contributed by atoms with E-state index in [1.54, 1.807) is 12.1 Å². The molecule has 7 heteroatoms. The highest BCUT2D eigenvalue weighted by Gasteiger charge is 2.15. The molecule has 0 spiro atoms. The van der Waals surface area contributed by atoms with Crippen LogP contribution in [0.5, 0.6) is 0 Å². The topological polar surface area (TPSA) is 79.8 Å². The number of anilines is 3. The SMILES string of the molecule is CCc1ccc(Nc2cc(C)ncn2)cc1NC(=O)c1cc(C)nc2ccc(F)cc12. The summed E-state index contributed by atoms with van der Waals surface area (Å²) in [5.74, 6) is -0.0566. The van der Waals surface area contributed by atoms with Crippen molar-refractivity contribution in [2.75, 3.05) is 10.6 Å². The highest BCUT2D eigenvalue weighted by Crippen LogP contribution is 2.26. The van der Waals surface area contributed by atoms with Crippen LogP contribution in [0, 0.1) is 19.7 Å². The number of pyridine rings is 1. The van der Waals surface area contributed by atoms with Gasteiger partial charge in [0.2, 0.25) is 0 Å². The normalized spacial score (nSPS) is 10.8. The lowest BCUT2D eigenvalue weighted by molar-refractivity contribution is 0.102. The number of aryl methyl sites for hydroxylation is 3. The molecule has 2 heterocycles. The van der Waals surface area contributed by atoms with Crippen LogP contribution in [0.1, 0.15) is 34.2 Å². The Kier molecular flexibility index (Phi) is 5.58. The number of nitrogens with one attached hydrogen (secondary N) is 2. The molecule has 156 valence electrons. The Morgan fingerprint density at radius 1 is 1.00 bits per heavy atom. The molecular weight excluding hydrogens is 393 g/mol. The molecule has 0 aliphatic heterocycles. The number of fused-ring (bicyclic) bond motifs is 1. The van der Waals surface area contributed by atoms with E-state index >= 15 is 0 Å². The van der Waals surface area contributed by atoms with Gasteiger partial charge in [-0.05, 0) is 62.2 Å². The number of nitrogens with zero attached hydrogens (tertiary/aromatic N) is 3. The summed E-state index contributed by atoms with van der Waals surface area (Å²) in [4.78, 5) is 25.9. The van der Waals surface area contributed by atoms with E-state index in [9.17, 15) is 9.18 Å². The number of halogens is 1.